The van der Waals surface area contributed by atoms with Crippen LogP contribution in [0.5, 0.6) is 11.6 Å². The number of hydrogen-bond acceptors (Lipinski definition) is 6. The van der Waals surface area contributed by atoms with Gasteiger partial charge in [-0.15, -0.1) is 12.6 Å². The van der Waals surface area contributed by atoms with Crippen LogP contribution in [0.1, 0.15) is 15.9 Å². The highest BCUT2D eigenvalue weighted by atomic mass is 35.5. The molecular formula is C19H17ClN4O3S2. The van der Waals surface area contributed by atoms with Crippen LogP contribution >= 0.6 is 24.2 Å². The second-order valence-corrected chi connectivity index (χ2v) is 7.96. The van der Waals surface area contributed by atoms with Crippen molar-refractivity contribution in [1.29, 1.82) is 0 Å². The van der Waals surface area contributed by atoms with Crippen molar-refractivity contribution in [2.75, 3.05) is 0 Å². The molecule has 0 aliphatic carbocycles. The van der Waals surface area contributed by atoms with Gasteiger partial charge in [-0.1, -0.05) is 23.7 Å². The van der Waals surface area contributed by atoms with Gasteiger partial charge in [-0.2, -0.15) is 0 Å². The number of rotatable bonds is 6. The molecule has 2 aromatic carbocycles. The molecule has 3 aromatic rings. The minimum absolute atomic E-state index is 0.0577. The summed E-state index contributed by atoms with van der Waals surface area (Å²) in [6.07, 6.45) is 1.38. The van der Waals surface area contributed by atoms with E-state index in [1.165, 1.54) is 12.3 Å². The fourth-order valence-corrected chi connectivity index (χ4v) is 3.39. The number of thiol groups is 1. The maximum absolute atomic E-state index is 12.5. The van der Waals surface area contributed by atoms with Gasteiger partial charge in [-0.3, -0.25) is 9.80 Å². The standard InChI is InChI=1S/C19H17ClN4O3S2/c20-17-9-16(29(22)26)6-4-13(17)11-24(21)19(25)12-5-7-18(23-10-12)27-14-2-1-3-15(28)8-14/h1-10,28H,11,21-22H2. The Kier molecular flexibility index (Phi) is 6.88. The Labute approximate surface area is 180 Å². The summed E-state index contributed by atoms with van der Waals surface area (Å²) < 4.78 is 16.9. The third kappa shape index (κ3) is 5.55. The van der Waals surface area contributed by atoms with E-state index in [0.717, 1.165) is 9.90 Å². The molecule has 0 bridgehead atoms. The first-order valence-electron chi connectivity index (χ1n) is 8.27. The average molecular weight is 449 g/mol. The molecule has 0 saturated carbocycles. The highest BCUT2D eigenvalue weighted by molar-refractivity contribution is 7.82. The Hall–Kier alpha value is -2.43. The van der Waals surface area contributed by atoms with E-state index in [1.54, 1.807) is 36.4 Å². The molecular weight excluding hydrogens is 432 g/mol. The van der Waals surface area contributed by atoms with Crippen LogP contribution < -0.4 is 15.7 Å². The Bertz CT molecular complexity index is 1060. The molecule has 1 heterocycles. The lowest BCUT2D eigenvalue weighted by Gasteiger charge is -2.18. The van der Waals surface area contributed by atoms with E-state index < -0.39 is 16.9 Å². The molecule has 1 aromatic heterocycles. The lowest BCUT2D eigenvalue weighted by Crippen LogP contribution is -2.36. The first-order chi connectivity index (χ1) is 13.8. The van der Waals surface area contributed by atoms with E-state index in [4.69, 9.17) is 27.3 Å². The minimum atomic E-state index is -1.64. The summed E-state index contributed by atoms with van der Waals surface area (Å²) in [6.45, 7) is 0.0577. The van der Waals surface area contributed by atoms with E-state index in [9.17, 15) is 9.00 Å². The van der Waals surface area contributed by atoms with Crippen molar-refractivity contribution in [3.05, 3.63) is 76.9 Å². The van der Waals surface area contributed by atoms with Gasteiger partial charge in [0.25, 0.3) is 5.91 Å². The molecule has 0 radical (unpaired) electrons. The Balaban J connectivity index is 1.67. The number of carbonyl (C=O) groups is 1. The van der Waals surface area contributed by atoms with Crippen LogP contribution in [0.2, 0.25) is 5.02 Å². The largest absolute Gasteiger partial charge is 0.439 e. The topological polar surface area (TPSA) is 112 Å². The smallest absolute Gasteiger partial charge is 0.269 e. The van der Waals surface area contributed by atoms with E-state index >= 15 is 0 Å². The molecule has 3 rings (SSSR count). The number of nitrogens with zero attached hydrogens (tertiary/aromatic N) is 2. The molecule has 0 spiro atoms. The van der Waals surface area contributed by atoms with Gasteiger partial charge in [0.15, 0.2) is 0 Å². The number of hydrazine groups is 1. The monoisotopic (exact) mass is 448 g/mol. The lowest BCUT2D eigenvalue weighted by atomic mass is 10.2. The number of carbonyl (C=O) groups excluding carboxylic acids is 1. The van der Waals surface area contributed by atoms with E-state index in [0.29, 0.717) is 32.7 Å². The fourth-order valence-electron chi connectivity index (χ4n) is 2.44. The van der Waals surface area contributed by atoms with Crippen molar-refractivity contribution >= 4 is 41.1 Å². The molecule has 0 aliphatic heterocycles. The van der Waals surface area contributed by atoms with Crippen molar-refractivity contribution < 1.29 is 13.7 Å². The molecule has 4 N–H and O–H groups in total. The summed E-state index contributed by atoms with van der Waals surface area (Å²) >= 11 is 10.4. The summed E-state index contributed by atoms with van der Waals surface area (Å²) in [5, 5.41) is 6.66. The van der Waals surface area contributed by atoms with Gasteiger partial charge in [0.1, 0.15) is 16.7 Å². The van der Waals surface area contributed by atoms with Crippen molar-refractivity contribution in [3.63, 3.8) is 0 Å². The molecule has 1 unspecified atom stereocenters. The summed E-state index contributed by atoms with van der Waals surface area (Å²) in [5.41, 5.74) is 0.884. The summed E-state index contributed by atoms with van der Waals surface area (Å²) in [6, 6.07) is 15.0. The second-order valence-electron chi connectivity index (χ2n) is 5.97. The summed E-state index contributed by atoms with van der Waals surface area (Å²) in [5.74, 6) is 6.37. The average Bonchev–Trinajstić information content (AvgIpc) is 2.69. The maximum atomic E-state index is 12.5. The van der Waals surface area contributed by atoms with Gasteiger partial charge in [0, 0.05) is 22.2 Å². The highest BCUT2D eigenvalue weighted by Crippen LogP contribution is 2.23. The van der Waals surface area contributed by atoms with Crippen LogP contribution in [0.15, 0.2) is 70.6 Å². The first kappa shape index (κ1) is 21.3. The number of amides is 1. The second kappa shape index (κ2) is 9.38. The molecule has 0 aliphatic rings. The quantitative estimate of drug-likeness (QED) is 0.232. The number of aromatic nitrogens is 1. The van der Waals surface area contributed by atoms with E-state index in [-0.39, 0.29) is 6.54 Å². The molecule has 10 heteroatoms. The molecule has 150 valence electrons. The highest BCUT2D eigenvalue weighted by Gasteiger charge is 2.16. The van der Waals surface area contributed by atoms with Gasteiger partial charge in [-0.25, -0.2) is 20.2 Å². The molecule has 1 atom stereocenters. The SMILES string of the molecule is NN(Cc1ccc(S(N)=O)cc1Cl)C(=O)c1ccc(Oc2cccc(S)c2)nc1. The van der Waals surface area contributed by atoms with Crippen LogP contribution in [-0.2, 0) is 17.5 Å². The fraction of sp³-hybridized carbons (Fsp3) is 0.0526. The number of nitrogens with two attached hydrogens (primary N) is 2. The summed E-state index contributed by atoms with van der Waals surface area (Å²) in [7, 11) is -1.64. The number of hydrogen-bond donors (Lipinski definition) is 3. The summed E-state index contributed by atoms with van der Waals surface area (Å²) in [4.78, 5) is 17.8. The zero-order valence-electron chi connectivity index (χ0n) is 15.0. The number of halogens is 1. The predicted molar refractivity (Wildman–Crippen MR) is 114 cm³/mol. The van der Waals surface area contributed by atoms with Crippen LogP contribution in [0.25, 0.3) is 0 Å². The van der Waals surface area contributed by atoms with E-state index in [1.807, 2.05) is 12.1 Å². The number of benzene rings is 2. The van der Waals surface area contributed by atoms with Crippen molar-refractivity contribution in [2.24, 2.45) is 11.0 Å². The van der Waals surface area contributed by atoms with Gasteiger partial charge < -0.3 is 4.74 Å². The van der Waals surface area contributed by atoms with Crippen LogP contribution in [0.3, 0.4) is 0 Å². The third-order valence-electron chi connectivity index (χ3n) is 3.88. The van der Waals surface area contributed by atoms with Crippen LogP contribution in [0.4, 0.5) is 0 Å². The zero-order valence-corrected chi connectivity index (χ0v) is 17.5. The molecule has 29 heavy (non-hydrogen) atoms. The molecule has 1 amide bonds. The zero-order chi connectivity index (χ0) is 21.0. The van der Waals surface area contributed by atoms with Crippen LogP contribution in [0, 0.1) is 0 Å². The molecule has 0 saturated heterocycles. The lowest BCUT2D eigenvalue weighted by molar-refractivity contribution is 0.0742. The number of pyridine rings is 1. The van der Waals surface area contributed by atoms with Crippen LogP contribution in [-0.4, -0.2) is 20.1 Å². The van der Waals surface area contributed by atoms with Crippen molar-refractivity contribution in [2.45, 2.75) is 16.3 Å². The van der Waals surface area contributed by atoms with Gasteiger partial charge >= 0.3 is 0 Å². The number of ether oxygens (including phenoxy) is 1. The Morgan fingerprint density at radius 3 is 2.62 bits per heavy atom. The van der Waals surface area contributed by atoms with Gasteiger partial charge in [-0.05, 0) is 42.0 Å². The third-order valence-corrected chi connectivity index (χ3v) is 5.23. The van der Waals surface area contributed by atoms with Crippen molar-refractivity contribution in [1.82, 2.24) is 9.99 Å². The van der Waals surface area contributed by atoms with Crippen molar-refractivity contribution in [3.8, 4) is 11.6 Å². The Morgan fingerprint density at radius 2 is 2.00 bits per heavy atom. The maximum Gasteiger partial charge on any atom is 0.269 e. The predicted octanol–water partition coefficient (Wildman–Crippen LogP) is 3.31. The first-order valence-corrected chi connectivity index (χ1v) is 10.3. The van der Waals surface area contributed by atoms with E-state index in [2.05, 4.69) is 17.6 Å². The minimum Gasteiger partial charge on any atom is -0.439 e. The molecule has 7 nitrogen and oxygen atoms in total. The van der Waals surface area contributed by atoms with Gasteiger partial charge in [0.2, 0.25) is 5.88 Å². The normalized spacial score (nSPS) is 11.7. The van der Waals surface area contributed by atoms with Gasteiger partial charge in [0.05, 0.1) is 17.0 Å². The Morgan fingerprint density at radius 1 is 1.21 bits per heavy atom. The molecule has 0 fully saturated rings.